The quantitative estimate of drug-likeness (QED) is 0.378. The van der Waals surface area contributed by atoms with Crippen LogP contribution in [0, 0.1) is 0 Å². The number of nitrogens with one attached hydrogen (secondary N) is 2. The number of nitrogens with zero attached hydrogens (tertiary/aromatic N) is 1. The van der Waals surface area contributed by atoms with E-state index in [1.807, 2.05) is 0 Å². The third kappa shape index (κ3) is 7.50. The first-order valence-electron chi connectivity index (χ1n) is 8.12. The second kappa shape index (κ2) is 9.44. The second-order valence-corrected chi connectivity index (χ2v) is 9.43. The van der Waals surface area contributed by atoms with E-state index in [2.05, 4.69) is 15.6 Å². The highest BCUT2D eigenvalue weighted by Crippen LogP contribution is 2.15. The first-order valence-corrected chi connectivity index (χ1v) is 9.77. The van der Waals surface area contributed by atoms with Crippen LogP contribution in [0.15, 0.2) is 4.99 Å². The average Bonchev–Trinajstić information content (AvgIpc) is 2.97. The molecule has 1 saturated heterocycles. The number of hydrogen-bond donors (Lipinski definition) is 2. The predicted octanol–water partition coefficient (Wildman–Crippen LogP) is 0.560. The van der Waals surface area contributed by atoms with Gasteiger partial charge in [0.05, 0.1) is 23.2 Å². The van der Waals surface area contributed by atoms with E-state index in [0.29, 0.717) is 25.7 Å². The molecule has 8 heteroatoms. The summed E-state index contributed by atoms with van der Waals surface area (Å²) < 4.78 is 34.2. The number of guanidine groups is 1. The molecule has 136 valence electrons. The van der Waals surface area contributed by atoms with Gasteiger partial charge in [0, 0.05) is 33.4 Å². The van der Waals surface area contributed by atoms with Gasteiger partial charge in [0.2, 0.25) is 0 Å². The van der Waals surface area contributed by atoms with Gasteiger partial charge in [-0.1, -0.05) is 0 Å². The molecule has 1 fully saturated rings. The van der Waals surface area contributed by atoms with Crippen LogP contribution in [0.2, 0.25) is 0 Å². The molecule has 0 amide bonds. The standard InChI is InChI=1S/C15H31N3O4S/c1-15(2,3)23(19,20)11-8-18-14(16-4)17-7-5-9-22-13-6-10-21-12-13/h13H,5-12H2,1-4H3,(H2,16,17,18). The minimum Gasteiger partial charge on any atom is -0.379 e. The van der Waals surface area contributed by atoms with E-state index in [1.54, 1.807) is 27.8 Å². The fourth-order valence-electron chi connectivity index (χ4n) is 2.00. The summed E-state index contributed by atoms with van der Waals surface area (Å²) in [6.45, 7) is 8.36. The van der Waals surface area contributed by atoms with E-state index < -0.39 is 14.6 Å². The summed E-state index contributed by atoms with van der Waals surface area (Å²) in [5.41, 5.74) is 0. The summed E-state index contributed by atoms with van der Waals surface area (Å²) in [7, 11) is -1.45. The minimum atomic E-state index is -3.12. The van der Waals surface area contributed by atoms with Crippen molar-refractivity contribution in [3.63, 3.8) is 0 Å². The van der Waals surface area contributed by atoms with Crippen molar-refractivity contribution in [2.75, 3.05) is 45.7 Å². The molecule has 23 heavy (non-hydrogen) atoms. The van der Waals surface area contributed by atoms with E-state index in [-0.39, 0.29) is 11.9 Å². The average molecular weight is 349 g/mol. The minimum absolute atomic E-state index is 0.0853. The van der Waals surface area contributed by atoms with Crippen molar-refractivity contribution in [2.45, 2.75) is 44.5 Å². The Hall–Kier alpha value is -0.860. The van der Waals surface area contributed by atoms with Crippen LogP contribution in [0.5, 0.6) is 0 Å². The molecule has 0 aromatic carbocycles. The van der Waals surface area contributed by atoms with Crippen molar-refractivity contribution >= 4 is 15.8 Å². The maximum atomic E-state index is 12.0. The molecular weight excluding hydrogens is 318 g/mol. The number of rotatable bonds is 8. The van der Waals surface area contributed by atoms with Crippen molar-refractivity contribution in [1.29, 1.82) is 0 Å². The Kier molecular flexibility index (Phi) is 8.28. The number of hydrogen-bond acceptors (Lipinski definition) is 5. The zero-order valence-corrected chi connectivity index (χ0v) is 15.5. The summed E-state index contributed by atoms with van der Waals surface area (Å²) in [6, 6.07) is 0. The maximum Gasteiger partial charge on any atom is 0.191 e. The summed E-state index contributed by atoms with van der Waals surface area (Å²) in [6.07, 6.45) is 2.06. The molecule has 1 aliphatic heterocycles. The zero-order valence-electron chi connectivity index (χ0n) is 14.7. The molecule has 2 N–H and O–H groups in total. The normalized spacial score (nSPS) is 19.8. The van der Waals surface area contributed by atoms with Gasteiger partial charge in [0.1, 0.15) is 0 Å². The van der Waals surface area contributed by atoms with Crippen LogP contribution in [0.3, 0.4) is 0 Å². The lowest BCUT2D eigenvalue weighted by Gasteiger charge is -2.19. The van der Waals surface area contributed by atoms with Crippen LogP contribution >= 0.6 is 0 Å². The topological polar surface area (TPSA) is 89.0 Å². The molecule has 0 spiro atoms. The monoisotopic (exact) mass is 349 g/mol. The Labute approximate surface area is 140 Å². The van der Waals surface area contributed by atoms with E-state index in [9.17, 15) is 8.42 Å². The van der Waals surface area contributed by atoms with Gasteiger partial charge in [-0.05, 0) is 33.6 Å². The Bertz CT molecular complexity index is 466. The van der Waals surface area contributed by atoms with E-state index in [0.717, 1.165) is 26.0 Å². The molecule has 0 saturated carbocycles. The molecule has 1 heterocycles. The third-order valence-corrected chi connectivity index (χ3v) is 6.28. The Morgan fingerprint density at radius 3 is 2.57 bits per heavy atom. The fraction of sp³-hybridized carbons (Fsp3) is 0.933. The van der Waals surface area contributed by atoms with Crippen molar-refractivity contribution in [3.8, 4) is 0 Å². The van der Waals surface area contributed by atoms with Gasteiger partial charge < -0.3 is 20.1 Å². The lowest BCUT2D eigenvalue weighted by atomic mass is 10.3. The van der Waals surface area contributed by atoms with Crippen molar-refractivity contribution in [3.05, 3.63) is 0 Å². The summed E-state index contributed by atoms with van der Waals surface area (Å²) in [5.74, 6) is 0.695. The van der Waals surface area contributed by atoms with Crippen LogP contribution in [0.25, 0.3) is 0 Å². The van der Waals surface area contributed by atoms with Gasteiger partial charge >= 0.3 is 0 Å². The smallest absolute Gasteiger partial charge is 0.191 e. The van der Waals surface area contributed by atoms with Crippen LogP contribution in [-0.4, -0.2) is 70.9 Å². The molecule has 0 aromatic rings. The molecule has 0 radical (unpaired) electrons. The molecule has 0 aromatic heterocycles. The van der Waals surface area contributed by atoms with Gasteiger partial charge in [0.25, 0.3) is 0 Å². The van der Waals surface area contributed by atoms with Gasteiger partial charge in [-0.2, -0.15) is 0 Å². The van der Waals surface area contributed by atoms with Crippen LogP contribution in [-0.2, 0) is 19.3 Å². The van der Waals surface area contributed by atoms with Gasteiger partial charge in [-0.15, -0.1) is 0 Å². The molecular formula is C15H31N3O4S. The van der Waals surface area contributed by atoms with Gasteiger partial charge in [0.15, 0.2) is 15.8 Å². The lowest BCUT2D eigenvalue weighted by molar-refractivity contribution is 0.0420. The molecule has 1 unspecified atom stereocenters. The zero-order chi connectivity index (χ0) is 17.3. The van der Waals surface area contributed by atoms with E-state index in [1.165, 1.54) is 0 Å². The van der Waals surface area contributed by atoms with Crippen LogP contribution < -0.4 is 10.6 Å². The maximum absolute atomic E-state index is 12.0. The molecule has 0 bridgehead atoms. The fourth-order valence-corrected chi connectivity index (χ4v) is 2.99. The SMILES string of the molecule is CN=C(NCCCOC1CCOC1)NCCS(=O)(=O)C(C)(C)C. The van der Waals surface area contributed by atoms with Crippen molar-refractivity contribution in [2.24, 2.45) is 4.99 Å². The van der Waals surface area contributed by atoms with Crippen LogP contribution in [0.4, 0.5) is 0 Å². The summed E-state index contributed by atoms with van der Waals surface area (Å²) in [4.78, 5) is 4.08. The van der Waals surface area contributed by atoms with E-state index >= 15 is 0 Å². The third-order valence-electron chi connectivity index (χ3n) is 3.67. The number of ether oxygens (including phenoxy) is 2. The van der Waals surface area contributed by atoms with Crippen molar-refractivity contribution in [1.82, 2.24) is 10.6 Å². The van der Waals surface area contributed by atoms with Crippen LogP contribution in [0.1, 0.15) is 33.6 Å². The van der Waals surface area contributed by atoms with Gasteiger partial charge in [-0.3, -0.25) is 4.99 Å². The van der Waals surface area contributed by atoms with Crippen molar-refractivity contribution < 1.29 is 17.9 Å². The summed E-state index contributed by atoms with van der Waals surface area (Å²) >= 11 is 0. The highest BCUT2D eigenvalue weighted by molar-refractivity contribution is 7.92. The van der Waals surface area contributed by atoms with Gasteiger partial charge in [-0.25, -0.2) is 8.42 Å². The lowest BCUT2D eigenvalue weighted by Crippen LogP contribution is -2.42. The first-order chi connectivity index (χ1) is 10.8. The van der Waals surface area contributed by atoms with E-state index in [4.69, 9.17) is 9.47 Å². The first kappa shape index (κ1) is 20.2. The second-order valence-electron chi connectivity index (χ2n) is 6.57. The highest BCUT2D eigenvalue weighted by Gasteiger charge is 2.28. The Morgan fingerprint density at radius 1 is 1.30 bits per heavy atom. The summed E-state index contributed by atoms with van der Waals surface area (Å²) in [5, 5.41) is 6.18. The molecule has 1 atom stereocenters. The number of aliphatic imine (C=N–C) groups is 1. The Balaban J connectivity index is 2.14. The highest BCUT2D eigenvalue weighted by atomic mass is 32.2. The molecule has 1 rings (SSSR count). The molecule has 0 aliphatic carbocycles. The number of sulfone groups is 1. The molecule has 7 nitrogen and oxygen atoms in total. The molecule has 1 aliphatic rings. The Morgan fingerprint density at radius 2 is 2.00 bits per heavy atom. The largest absolute Gasteiger partial charge is 0.379 e. The predicted molar refractivity (Wildman–Crippen MR) is 92.7 cm³/mol.